The maximum atomic E-state index is 12.7. The van der Waals surface area contributed by atoms with Crippen LogP contribution in [-0.2, 0) is 9.53 Å². The molecule has 0 bridgehead atoms. The number of aromatic nitrogens is 1. The van der Waals surface area contributed by atoms with Crippen molar-refractivity contribution in [3.05, 3.63) is 38.3 Å². The van der Waals surface area contributed by atoms with E-state index in [9.17, 15) is 9.59 Å². The third kappa shape index (κ3) is 3.65. The van der Waals surface area contributed by atoms with E-state index in [1.54, 1.807) is 4.90 Å². The van der Waals surface area contributed by atoms with Gasteiger partial charge in [0.25, 0.3) is 0 Å². The van der Waals surface area contributed by atoms with Crippen molar-refractivity contribution in [2.45, 2.75) is 19.4 Å². The molecule has 0 radical (unpaired) electrons. The minimum Gasteiger partial charge on any atom is -0.465 e. The molecule has 1 unspecified atom stereocenters. The number of esters is 1. The number of aryl methyl sites for hydroxylation is 1. The van der Waals surface area contributed by atoms with Gasteiger partial charge in [-0.3, -0.25) is 4.79 Å². The average molecular weight is 445 g/mol. The van der Waals surface area contributed by atoms with Gasteiger partial charge in [0.1, 0.15) is 6.04 Å². The molecule has 132 valence electrons. The van der Waals surface area contributed by atoms with Crippen LogP contribution in [0.3, 0.4) is 0 Å². The fraction of sp³-hybridized carbons (Fsp3) is 0.312. The first-order valence-electron chi connectivity index (χ1n) is 7.49. The van der Waals surface area contributed by atoms with E-state index in [1.165, 1.54) is 7.11 Å². The molecule has 6 nitrogen and oxygen atoms in total. The molecule has 0 saturated carbocycles. The van der Waals surface area contributed by atoms with Crippen LogP contribution in [0.15, 0.2) is 22.7 Å². The summed E-state index contributed by atoms with van der Waals surface area (Å²) in [5, 5.41) is 3.57. The minimum atomic E-state index is -0.541. The van der Waals surface area contributed by atoms with Gasteiger partial charge < -0.3 is 15.0 Å². The standard InChI is InChI=1S/C16H15BrClN3O3S/c1-8-7-9(3-4-10(8)17)21-6-5-11(14(21)22)19-16-20-13(18)12(25-16)15(23)24-2/h3-4,7,11H,5-6H2,1-2H3,(H,19,20). The lowest BCUT2D eigenvalue weighted by Gasteiger charge is -2.18. The summed E-state index contributed by atoms with van der Waals surface area (Å²) in [6.07, 6.45) is 0.638. The Morgan fingerprint density at radius 2 is 2.28 bits per heavy atom. The van der Waals surface area contributed by atoms with Gasteiger partial charge in [-0.2, -0.15) is 0 Å². The van der Waals surface area contributed by atoms with Crippen molar-refractivity contribution in [3.8, 4) is 0 Å². The molecule has 2 heterocycles. The second kappa shape index (κ2) is 7.31. The zero-order chi connectivity index (χ0) is 18.1. The van der Waals surface area contributed by atoms with Crippen LogP contribution in [0, 0.1) is 6.92 Å². The predicted octanol–water partition coefficient (Wildman–Crippen LogP) is 3.87. The van der Waals surface area contributed by atoms with Crippen molar-refractivity contribution in [3.63, 3.8) is 0 Å². The molecule has 1 aromatic heterocycles. The van der Waals surface area contributed by atoms with E-state index in [2.05, 4.69) is 31.0 Å². The summed E-state index contributed by atoms with van der Waals surface area (Å²) in [5.41, 5.74) is 1.93. The van der Waals surface area contributed by atoms with Crippen LogP contribution in [0.1, 0.15) is 21.7 Å². The van der Waals surface area contributed by atoms with E-state index in [-0.39, 0.29) is 15.9 Å². The first kappa shape index (κ1) is 18.2. The Kier molecular flexibility index (Phi) is 5.31. The molecule has 1 fully saturated rings. The third-order valence-corrected chi connectivity index (χ3v) is 6.15. The Morgan fingerprint density at radius 3 is 2.96 bits per heavy atom. The van der Waals surface area contributed by atoms with Crippen molar-refractivity contribution < 1.29 is 14.3 Å². The van der Waals surface area contributed by atoms with Crippen molar-refractivity contribution in [1.29, 1.82) is 0 Å². The lowest BCUT2D eigenvalue weighted by Crippen LogP contribution is -2.33. The highest BCUT2D eigenvalue weighted by Crippen LogP contribution is 2.31. The Morgan fingerprint density at radius 1 is 1.52 bits per heavy atom. The summed E-state index contributed by atoms with van der Waals surface area (Å²) in [7, 11) is 1.28. The van der Waals surface area contributed by atoms with Gasteiger partial charge in [0, 0.05) is 16.7 Å². The first-order valence-corrected chi connectivity index (χ1v) is 9.48. The molecule has 3 rings (SSSR count). The Hall–Kier alpha value is -1.64. The average Bonchev–Trinajstić information content (AvgIpc) is 3.13. The summed E-state index contributed by atoms with van der Waals surface area (Å²) < 4.78 is 5.66. The molecule has 1 aromatic carbocycles. The maximum Gasteiger partial charge on any atom is 0.351 e. The summed E-state index contributed by atoms with van der Waals surface area (Å²) in [5.74, 6) is -0.576. The van der Waals surface area contributed by atoms with E-state index in [0.717, 1.165) is 27.1 Å². The lowest BCUT2D eigenvalue weighted by atomic mass is 10.2. The number of hydrogen-bond acceptors (Lipinski definition) is 6. The molecular weight excluding hydrogens is 430 g/mol. The number of nitrogens with one attached hydrogen (secondary N) is 1. The number of carbonyl (C=O) groups excluding carboxylic acids is 2. The van der Waals surface area contributed by atoms with Crippen LogP contribution in [0.2, 0.25) is 5.15 Å². The first-order chi connectivity index (χ1) is 11.9. The number of anilines is 2. The smallest absolute Gasteiger partial charge is 0.351 e. The number of hydrogen-bond donors (Lipinski definition) is 1. The summed E-state index contributed by atoms with van der Waals surface area (Å²) >= 11 is 10.5. The van der Waals surface area contributed by atoms with Gasteiger partial charge in [0.2, 0.25) is 5.91 Å². The van der Waals surface area contributed by atoms with Gasteiger partial charge in [-0.25, -0.2) is 9.78 Å². The molecule has 1 aliphatic rings. The second-order valence-corrected chi connectivity index (χ2v) is 7.75. The summed E-state index contributed by atoms with van der Waals surface area (Å²) in [6, 6.07) is 5.41. The highest BCUT2D eigenvalue weighted by Gasteiger charge is 2.33. The zero-order valence-electron chi connectivity index (χ0n) is 13.5. The van der Waals surface area contributed by atoms with Gasteiger partial charge >= 0.3 is 5.97 Å². The number of thiazole rings is 1. The molecule has 0 spiro atoms. The van der Waals surface area contributed by atoms with Crippen LogP contribution in [-0.4, -0.2) is 36.6 Å². The molecule has 9 heteroatoms. The molecule has 1 N–H and O–H groups in total. The Balaban J connectivity index is 1.74. The molecule has 25 heavy (non-hydrogen) atoms. The van der Waals surface area contributed by atoms with Gasteiger partial charge in [0.05, 0.1) is 7.11 Å². The predicted molar refractivity (Wildman–Crippen MR) is 102 cm³/mol. The monoisotopic (exact) mass is 443 g/mol. The van der Waals surface area contributed by atoms with Crippen molar-refractivity contribution in [2.75, 3.05) is 23.9 Å². The number of benzene rings is 1. The summed E-state index contributed by atoms with van der Waals surface area (Å²) in [6.45, 7) is 2.59. The normalized spacial score (nSPS) is 17.0. The topological polar surface area (TPSA) is 71.5 Å². The van der Waals surface area contributed by atoms with Crippen molar-refractivity contribution in [1.82, 2.24) is 4.98 Å². The number of amides is 1. The highest BCUT2D eigenvalue weighted by molar-refractivity contribution is 9.10. The molecule has 2 aromatic rings. The second-order valence-electron chi connectivity index (χ2n) is 5.54. The van der Waals surface area contributed by atoms with Gasteiger partial charge in [-0.1, -0.05) is 38.9 Å². The number of nitrogens with zero attached hydrogens (tertiary/aromatic N) is 2. The van der Waals surface area contributed by atoms with Gasteiger partial charge in [-0.15, -0.1) is 0 Å². The van der Waals surface area contributed by atoms with Crippen LogP contribution in [0.5, 0.6) is 0 Å². The third-order valence-electron chi connectivity index (χ3n) is 3.91. The Bertz CT molecular complexity index is 842. The number of rotatable bonds is 4. The van der Waals surface area contributed by atoms with Crippen molar-refractivity contribution >= 4 is 61.6 Å². The number of ether oxygens (including phenoxy) is 1. The van der Waals surface area contributed by atoms with Crippen LogP contribution in [0.25, 0.3) is 0 Å². The number of carbonyl (C=O) groups is 2. The van der Waals surface area contributed by atoms with E-state index >= 15 is 0 Å². The van der Waals surface area contributed by atoms with Crippen molar-refractivity contribution in [2.24, 2.45) is 0 Å². The van der Waals surface area contributed by atoms with Crippen LogP contribution < -0.4 is 10.2 Å². The van der Waals surface area contributed by atoms with Crippen LogP contribution >= 0.6 is 38.9 Å². The molecule has 0 aliphatic carbocycles. The molecule has 1 saturated heterocycles. The van der Waals surface area contributed by atoms with Gasteiger partial charge in [0.15, 0.2) is 15.2 Å². The van der Waals surface area contributed by atoms with E-state index < -0.39 is 12.0 Å². The lowest BCUT2D eigenvalue weighted by molar-refractivity contribution is -0.117. The fourth-order valence-corrected chi connectivity index (χ4v) is 4.00. The maximum absolute atomic E-state index is 12.7. The van der Waals surface area contributed by atoms with Crippen LogP contribution in [0.4, 0.5) is 10.8 Å². The quantitative estimate of drug-likeness (QED) is 0.725. The molecule has 1 atom stereocenters. The van der Waals surface area contributed by atoms with E-state index in [1.807, 2.05) is 25.1 Å². The number of halogens is 2. The molecule has 1 amide bonds. The highest BCUT2D eigenvalue weighted by atomic mass is 79.9. The van der Waals surface area contributed by atoms with E-state index in [4.69, 9.17) is 11.6 Å². The molecular formula is C16H15BrClN3O3S. The Labute approximate surface area is 162 Å². The zero-order valence-corrected chi connectivity index (χ0v) is 16.7. The number of methoxy groups -OCH3 is 1. The largest absolute Gasteiger partial charge is 0.465 e. The SMILES string of the molecule is COC(=O)c1sc(NC2CCN(c3ccc(Br)c(C)c3)C2=O)nc1Cl. The summed E-state index contributed by atoms with van der Waals surface area (Å²) in [4.78, 5) is 30.4. The minimum absolute atomic E-state index is 0.0346. The molecule has 1 aliphatic heterocycles. The van der Waals surface area contributed by atoms with Gasteiger partial charge in [-0.05, 0) is 37.1 Å². The fourth-order valence-electron chi connectivity index (χ4n) is 2.60. The van der Waals surface area contributed by atoms with E-state index in [0.29, 0.717) is 18.1 Å².